The molecule has 18 heavy (non-hydrogen) atoms. The van der Waals surface area contributed by atoms with Crippen LogP contribution in [-0.2, 0) is 13.0 Å². The van der Waals surface area contributed by atoms with Gasteiger partial charge < -0.3 is 14.7 Å². The third-order valence-electron chi connectivity index (χ3n) is 3.94. The van der Waals surface area contributed by atoms with Gasteiger partial charge in [-0.25, -0.2) is 4.98 Å². The molecule has 0 radical (unpaired) electrons. The maximum Gasteiger partial charge on any atom is 0.128 e. The maximum atomic E-state index is 4.85. The molecule has 0 atom stereocenters. The average Bonchev–Trinajstić information content (AvgIpc) is 2.39. The van der Waals surface area contributed by atoms with Crippen LogP contribution in [0.3, 0.4) is 0 Å². The van der Waals surface area contributed by atoms with Crippen LogP contribution >= 0.6 is 0 Å². The number of hydrogen-bond donors (Lipinski definition) is 0. The fourth-order valence-corrected chi connectivity index (χ4v) is 2.67. The number of aromatic nitrogens is 1. The van der Waals surface area contributed by atoms with Gasteiger partial charge in [-0.1, -0.05) is 6.07 Å². The van der Waals surface area contributed by atoms with Crippen LogP contribution < -0.4 is 4.90 Å². The van der Waals surface area contributed by atoms with Crippen LogP contribution in [0.4, 0.5) is 5.82 Å². The van der Waals surface area contributed by atoms with E-state index in [0.717, 1.165) is 51.5 Å². The van der Waals surface area contributed by atoms with Gasteiger partial charge in [0.2, 0.25) is 0 Å². The SMILES string of the molecule is [CH2-]N1CCc2nc(N3CCN(C)CC3)ccc2C1. The first-order valence-corrected chi connectivity index (χ1v) is 6.70. The fourth-order valence-electron chi connectivity index (χ4n) is 2.67. The highest BCUT2D eigenvalue weighted by Crippen LogP contribution is 2.21. The molecule has 0 aromatic carbocycles. The predicted molar refractivity (Wildman–Crippen MR) is 73.4 cm³/mol. The quantitative estimate of drug-likeness (QED) is 0.688. The summed E-state index contributed by atoms with van der Waals surface area (Å²) in [5.41, 5.74) is 2.61. The summed E-state index contributed by atoms with van der Waals surface area (Å²) in [6.45, 7) is 6.39. The first kappa shape index (κ1) is 11.9. The lowest BCUT2D eigenvalue weighted by molar-refractivity contribution is 0.311. The van der Waals surface area contributed by atoms with Crippen LogP contribution in [0.25, 0.3) is 0 Å². The number of pyridine rings is 1. The van der Waals surface area contributed by atoms with E-state index >= 15 is 0 Å². The zero-order valence-electron chi connectivity index (χ0n) is 11.1. The van der Waals surface area contributed by atoms with Crippen LogP contribution in [0.2, 0.25) is 0 Å². The van der Waals surface area contributed by atoms with Gasteiger partial charge >= 0.3 is 0 Å². The zero-order valence-corrected chi connectivity index (χ0v) is 11.1. The smallest absolute Gasteiger partial charge is 0.128 e. The van der Waals surface area contributed by atoms with E-state index in [1.807, 2.05) is 0 Å². The van der Waals surface area contributed by atoms with Crippen molar-refractivity contribution < 1.29 is 0 Å². The molecule has 1 aromatic rings. The first-order valence-electron chi connectivity index (χ1n) is 6.70. The molecule has 0 N–H and O–H groups in total. The summed E-state index contributed by atoms with van der Waals surface area (Å²) >= 11 is 0. The summed E-state index contributed by atoms with van der Waals surface area (Å²) in [6, 6.07) is 4.40. The molecule has 3 rings (SSSR count). The molecule has 0 saturated carbocycles. The van der Waals surface area contributed by atoms with Crippen molar-refractivity contribution in [2.45, 2.75) is 13.0 Å². The van der Waals surface area contributed by atoms with Gasteiger partial charge in [0.1, 0.15) is 5.82 Å². The fraction of sp³-hybridized carbons (Fsp3) is 0.571. The van der Waals surface area contributed by atoms with Crippen LogP contribution in [0.1, 0.15) is 11.3 Å². The van der Waals surface area contributed by atoms with Crippen LogP contribution in [0, 0.1) is 7.05 Å². The molecule has 0 bridgehead atoms. The molecule has 4 nitrogen and oxygen atoms in total. The molecule has 4 heteroatoms. The van der Waals surface area contributed by atoms with E-state index in [1.54, 1.807) is 0 Å². The van der Waals surface area contributed by atoms with Crippen molar-refractivity contribution in [1.29, 1.82) is 0 Å². The number of fused-ring (bicyclic) bond motifs is 1. The average molecular weight is 245 g/mol. The zero-order chi connectivity index (χ0) is 12.5. The van der Waals surface area contributed by atoms with Crippen molar-refractivity contribution in [3.8, 4) is 0 Å². The monoisotopic (exact) mass is 245 g/mol. The summed E-state index contributed by atoms with van der Waals surface area (Å²) < 4.78 is 0. The van der Waals surface area contributed by atoms with E-state index < -0.39 is 0 Å². The van der Waals surface area contributed by atoms with Crippen molar-refractivity contribution in [1.82, 2.24) is 14.8 Å². The minimum atomic E-state index is 0.936. The Kier molecular flexibility index (Phi) is 3.22. The molecule has 0 spiro atoms. The van der Waals surface area contributed by atoms with E-state index in [4.69, 9.17) is 4.98 Å². The number of piperazine rings is 1. The van der Waals surface area contributed by atoms with Gasteiger partial charge in [-0.05, 0) is 31.8 Å². The molecule has 1 fully saturated rings. The molecule has 0 unspecified atom stereocenters. The van der Waals surface area contributed by atoms with Crippen molar-refractivity contribution >= 4 is 5.82 Å². The summed E-state index contributed by atoms with van der Waals surface area (Å²) in [5.74, 6) is 1.15. The Morgan fingerprint density at radius 1 is 1.11 bits per heavy atom. The van der Waals surface area contributed by atoms with Crippen LogP contribution in [-0.4, -0.2) is 54.6 Å². The van der Waals surface area contributed by atoms with Gasteiger partial charge in [0.25, 0.3) is 0 Å². The molecular formula is C14H21N4-. The minimum absolute atomic E-state index is 0.936. The summed E-state index contributed by atoms with van der Waals surface area (Å²) in [7, 11) is 6.19. The second-order valence-electron chi connectivity index (χ2n) is 5.37. The predicted octanol–water partition coefficient (Wildman–Crippen LogP) is 0.983. The first-order chi connectivity index (χ1) is 8.72. The molecule has 1 saturated heterocycles. The van der Waals surface area contributed by atoms with E-state index in [9.17, 15) is 0 Å². The number of anilines is 1. The summed E-state index contributed by atoms with van der Waals surface area (Å²) in [6.07, 6.45) is 1.03. The van der Waals surface area contributed by atoms with E-state index in [1.165, 1.54) is 11.3 Å². The van der Waals surface area contributed by atoms with Crippen LogP contribution in [0.15, 0.2) is 12.1 Å². The highest BCUT2D eigenvalue weighted by Gasteiger charge is 2.18. The maximum absolute atomic E-state index is 4.85. The second kappa shape index (κ2) is 4.86. The molecule has 2 aliphatic heterocycles. The van der Waals surface area contributed by atoms with Gasteiger partial charge in [-0.3, -0.25) is 7.05 Å². The number of hydrogen-bond acceptors (Lipinski definition) is 4. The number of rotatable bonds is 1. The third kappa shape index (κ3) is 2.35. The molecule has 1 aromatic heterocycles. The Bertz CT molecular complexity index is 424. The standard InChI is InChI=1S/C14H21N4/c1-16-7-9-18(10-8-16)14-4-3-12-11-17(2)6-5-13(12)15-14/h3-4H,2,5-11H2,1H3/q-1. The Morgan fingerprint density at radius 2 is 1.89 bits per heavy atom. The third-order valence-corrected chi connectivity index (χ3v) is 3.94. The summed E-state index contributed by atoms with van der Waals surface area (Å²) in [5, 5.41) is 0. The van der Waals surface area contributed by atoms with Gasteiger partial charge in [0, 0.05) is 38.3 Å². The van der Waals surface area contributed by atoms with E-state index in [0.29, 0.717) is 0 Å². The highest BCUT2D eigenvalue weighted by atomic mass is 15.3. The topological polar surface area (TPSA) is 22.6 Å². The van der Waals surface area contributed by atoms with Gasteiger partial charge in [-0.15, -0.1) is 0 Å². The van der Waals surface area contributed by atoms with Crippen molar-refractivity contribution in [2.24, 2.45) is 0 Å². The molecule has 0 aliphatic carbocycles. The van der Waals surface area contributed by atoms with Crippen molar-refractivity contribution in [3.05, 3.63) is 30.4 Å². The second-order valence-corrected chi connectivity index (χ2v) is 5.37. The minimum Gasteiger partial charge on any atom is -0.455 e. The Balaban J connectivity index is 1.78. The lowest BCUT2D eigenvalue weighted by atomic mass is 10.1. The number of likely N-dealkylation sites (N-methyl/N-ethyl adjacent to an activating group) is 1. The lowest BCUT2D eigenvalue weighted by Crippen LogP contribution is -2.45. The van der Waals surface area contributed by atoms with Crippen molar-refractivity contribution in [2.75, 3.05) is 44.7 Å². The molecule has 3 heterocycles. The van der Waals surface area contributed by atoms with Gasteiger partial charge in [-0.2, -0.15) is 0 Å². The molecule has 0 amide bonds. The van der Waals surface area contributed by atoms with Crippen LogP contribution in [0.5, 0.6) is 0 Å². The molecule has 2 aliphatic rings. The Hall–Kier alpha value is -1.13. The van der Waals surface area contributed by atoms with E-state index in [2.05, 4.69) is 40.9 Å². The Labute approximate surface area is 109 Å². The molecule has 98 valence electrons. The highest BCUT2D eigenvalue weighted by molar-refractivity contribution is 5.43. The largest absolute Gasteiger partial charge is 0.455 e. The van der Waals surface area contributed by atoms with Gasteiger partial charge in [0.15, 0.2) is 0 Å². The Morgan fingerprint density at radius 3 is 2.67 bits per heavy atom. The van der Waals surface area contributed by atoms with Crippen molar-refractivity contribution in [3.63, 3.8) is 0 Å². The molecular weight excluding hydrogens is 224 g/mol. The van der Waals surface area contributed by atoms with E-state index in [-0.39, 0.29) is 0 Å². The normalized spacial score (nSPS) is 22.0. The lowest BCUT2D eigenvalue weighted by Gasteiger charge is -2.35. The van der Waals surface area contributed by atoms with Gasteiger partial charge in [0.05, 0.1) is 0 Å². The summed E-state index contributed by atoms with van der Waals surface area (Å²) in [4.78, 5) is 11.7. The number of nitrogens with zero attached hydrogens (tertiary/aromatic N) is 4.